The highest BCUT2D eigenvalue weighted by Gasteiger charge is 2.36. The third-order valence-electron chi connectivity index (χ3n) is 7.56. The van der Waals surface area contributed by atoms with Crippen LogP contribution in [-0.2, 0) is 18.1 Å². The normalized spacial score (nSPS) is 12.2. The molecule has 13 heteroatoms. The molecule has 0 bridgehead atoms. The zero-order chi connectivity index (χ0) is 34.0. The first-order valence-electron chi connectivity index (χ1n) is 15.6. The van der Waals surface area contributed by atoms with Crippen LogP contribution < -0.4 is 18.9 Å². The lowest BCUT2D eigenvalue weighted by molar-refractivity contribution is -0.0922. The average molecular weight is 683 g/mol. The van der Waals surface area contributed by atoms with E-state index in [4.69, 9.17) is 28.2 Å². The highest BCUT2D eigenvalue weighted by molar-refractivity contribution is 7.99. The van der Waals surface area contributed by atoms with Gasteiger partial charge in [-0.05, 0) is 60.4 Å². The lowest BCUT2D eigenvalue weighted by Gasteiger charge is -2.14. The highest BCUT2D eigenvalue weighted by Crippen LogP contribution is 2.33. The van der Waals surface area contributed by atoms with Crippen molar-refractivity contribution >= 4 is 23.6 Å². The number of hydroxylamine groups is 2. The summed E-state index contributed by atoms with van der Waals surface area (Å²) in [5, 5.41) is 9.64. The molecule has 0 atom stereocenters. The van der Waals surface area contributed by atoms with Gasteiger partial charge in [0.1, 0.15) is 30.4 Å². The van der Waals surface area contributed by atoms with Crippen molar-refractivity contribution in [1.82, 2.24) is 20.2 Å². The molecule has 6 rings (SSSR count). The molecule has 1 aliphatic heterocycles. The molecule has 49 heavy (non-hydrogen) atoms. The summed E-state index contributed by atoms with van der Waals surface area (Å²) in [4.78, 5) is 34.8. The van der Waals surface area contributed by atoms with Gasteiger partial charge in [-0.2, -0.15) is 0 Å². The van der Waals surface area contributed by atoms with Crippen molar-refractivity contribution in [2.45, 2.75) is 37.7 Å². The van der Waals surface area contributed by atoms with Crippen molar-refractivity contribution in [1.29, 1.82) is 0 Å². The second kappa shape index (κ2) is 16.1. The second-order valence-electron chi connectivity index (χ2n) is 10.9. The maximum absolute atomic E-state index is 12.4. The summed E-state index contributed by atoms with van der Waals surface area (Å²) in [5.41, 5.74) is 3.09. The summed E-state index contributed by atoms with van der Waals surface area (Å²) in [6.45, 7) is 0.857. The Balaban J connectivity index is 1.01. The van der Waals surface area contributed by atoms with E-state index >= 15 is 0 Å². The van der Waals surface area contributed by atoms with E-state index in [2.05, 4.69) is 15.2 Å². The molecule has 0 spiro atoms. The van der Waals surface area contributed by atoms with E-state index in [0.29, 0.717) is 53.2 Å². The summed E-state index contributed by atoms with van der Waals surface area (Å²) in [6.07, 6.45) is 3.93. The predicted octanol–water partition coefficient (Wildman–Crippen LogP) is 6.80. The van der Waals surface area contributed by atoms with Gasteiger partial charge in [-0.15, -0.1) is 15.3 Å². The number of nitrogens with zero attached hydrogens (tertiary/aromatic N) is 4. The van der Waals surface area contributed by atoms with E-state index in [1.807, 2.05) is 48.5 Å². The number of aromatic nitrogens is 3. The number of imide groups is 1. The number of hydrogen-bond acceptors (Lipinski definition) is 12. The molecule has 2 aromatic heterocycles. The molecule has 3 heterocycles. The Morgan fingerprint density at radius 2 is 1.35 bits per heavy atom. The predicted molar refractivity (Wildman–Crippen MR) is 180 cm³/mol. The molecule has 0 N–H and O–H groups in total. The first kappa shape index (κ1) is 33.5. The fraction of sp³-hybridized carbons (Fsp3) is 0.250. The first-order chi connectivity index (χ1) is 24.0. The number of benzene rings is 3. The molecule has 2 amide bonds. The van der Waals surface area contributed by atoms with Crippen LogP contribution in [0.1, 0.15) is 51.1 Å². The fourth-order valence-corrected chi connectivity index (χ4v) is 5.64. The Morgan fingerprint density at radius 3 is 1.96 bits per heavy atom. The summed E-state index contributed by atoms with van der Waals surface area (Å²) in [7, 11) is 3.25. The monoisotopic (exact) mass is 682 g/mol. The minimum absolute atomic E-state index is 0.257. The van der Waals surface area contributed by atoms with E-state index in [1.165, 1.54) is 11.8 Å². The largest absolute Gasteiger partial charge is 0.497 e. The quantitative estimate of drug-likeness (QED) is 0.0580. The van der Waals surface area contributed by atoms with Crippen molar-refractivity contribution in [3.8, 4) is 34.6 Å². The molecule has 0 saturated heterocycles. The van der Waals surface area contributed by atoms with Gasteiger partial charge in [-0.3, -0.25) is 14.4 Å². The van der Waals surface area contributed by atoms with Crippen LogP contribution >= 0.6 is 11.8 Å². The number of thioether (sulfide) groups is 1. The Labute approximate surface area is 287 Å². The van der Waals surface area contributed by atoms with Gasteiger partial charge in [0.05, 0.1) is 38.2 Å². The van der Waals surface area contributed by atoms with Gasteiger partial charge >= 0.3 is 0 Å². The zero-order valence-electron chi connectivity index (χ0n) is 27.0. The summed E-state index contributed by atoms with van der Waals surface area (Å²) >= 11 is 1.44. The first-order valence-corrected chi connectivity index (χ1v) is 16.6. The molecule has 5 aromatic rings. The van der Waals surface area contributed by atoms with Crippen LogP contribution in [0.15, 0.2) is 94.7 Å². The number of ether oxygens (including phenoxy) is 4. The maximum atomic E-state index is 12.4. The molecule has 12 nitrogen and oxygen atoms in total. The van der Waals surface area contributed by atoms with Crippen molar-refractivity contribution in [3.05, 3.63) is 107 Å². The number of carbonyl (C=O) groups excluding carboxylic acids is 2. The number of fused-ring (bicyclic) bond motifs is 1. The number of amides is 2. The smallest absolute Gasteiger partial charge is 0.285 e. The Bertz CT molecular complexity index is 1850. The Hall–Kier alpha value is -5.40. The molecule has 0 aliphatic carbocycles. The molecule has 3 aromatic carbocycles. The van der Waals surface area contributed by atoms with Gasteiger partial charge in [0.2, 0.25) is 0 Å². The summed E-state index contributed by atoms with van der Waals surface area (Å²) in [6, 6.07) is 23.7. The van der Waals surface area contributed by atoms with Crippen LogP contribution in [0.3, 0.4) is 0 Å². The second-order valence-corrected chi connectivity index (χ2v) is 11.9. The Kier molecular flexibility index (Phi) is 11.0. The number of pyridine rings is 1. The minimum atomic E-state index is -0.426. The third-order valence-corrected chi connectivity index (χ3v) is 8.46. The summed E-state index contributed by atoms with van der Waals surface area (Å²) < 4.78 is 28.7. The van der Waals surface area contributed by atoms with E-state index in [9.17, 15) is 9.59 Å². The Morgan fingerprint density at radius 1 is 0.735 bits per heavy atom. The molecule has 0 unspecified atom stereocenters. The van der Waals surface area contributed by atoms with Crippen molar-refractivity contribution in [2.24, 2.45) is 0 Å². The van der Waals surface area contributed by atoms with Crippen LogP contribution in [0.2, 0.25) is 0 Å². The fourth-order valence-electron chi connectivity index (χ4n) is 4.88. The molecular formula is C36H34N4O8S. The number of carbonyl (C=O) groups is 2. The van der Waals surface area contributed by atoms with Crippen LogP contribution in [0.5, 0.6) is 23.0 Å². The van der Waals surface area contributed by atoms with Crippen LogP contribution in [0.25, 0.3) is 11.6 Å². The van der Waals surface area contributed by atoms with Crippen LogP contribution in [-0.4, -0.2) is 58.6 Å². The van der Waals surface area contributed by atoms with E-state index < -0.39 is 11.8 Å². The average Bonchev–Trinajstić information content (AvgIpc) is 3.72. The van der Waals surface area contributed by atoms with E-state index in [0.717, 1.165) is 46.3 Å². The van der Waals surface area contributed by atoms with Crippen molar-refractivity contribution in [3.63, 3.8) is 0 Å². The SMILES string of the molecule is COc1ccc(COc2cnc(-c3nnc(SCCCCCON4C(=O)c5ccccc5C4=O)o3)cc2OCc2ccc(OC)cc2)cc1. The standard InChI is InChI=1S/C36H34N4O8S/c1-43-26-14-10-24(11-15-26)22-45-31-20-30(37-21-32(31)46-23-25-12-16-27(44-2)17-13-25)33-38-39-36(48-33)49-19-7-3-6-18-47-40-34(41)28-8-4-5-9-29(28)35(40)42/h4-5,8-17,20-21H,3,6-7,18-19,22-23H2,1-2H3. The molecular weight excluding hydrogens is 648 g/mol. The molecule has 0 saturated carbocycles. The van der Waals surface area contributed by atoms with Gasteiger partial charge < -0.3 is 23.4 Å². The van der Waals surface area contributed by atoms with Crippen molar-refractivity contribution in [2.75, 3.05) is 26.6 Å². The number of rotatable bonds is 17. The zero-order valence-corrected chi connectivity index (χ0v) is 27.8. The van der Waals surface area contributed by atoms with Gasteiger partial charge in [0.25, 0.3) is 22.9 Å². The maximum Gasteiger partial charge on any atom is 0.285 e. The molecule has 0 radical (unpaired) electrons. The highest BCUT2D eigenvalue weighted by atomic mass is 32.2. The van der Waals surface area contributed by atoms with Gasteiger partial charge in [-0.1, -0.05) is 54.6 Å². The lowest BCUT2D eigenvalue weighted by Crippen LogP contribution is -2.30. The number of methoxy groups -OCH3 is 2. The van der Waals surface area contributed by atoms with Gasteiger partial charge in [0, 0.05) is 11.8 Å². The van der Waals surface area contributed by atoms with Gasteiger partial charge in [-0.25, -0.2) is 4.98 Å². The minimum Gasteiger partial charge on any atom is -0.497 e. The molecule has 0 fully saturated rings. The lowest BCUT2D eigenvalue weighted by atomic mass is 10.1. The van der Waals surface area contributed by atoms with Crippen LogP contribution in [0, 0.1) is 0 Å². The molecule has 1 aliphatic rings. The number of unbranched alkanes of at least 4 members (excludes halogenated alkanes) is 2. The van der Waals surface area contributed by atoms with E-state index in [-0.39, 0.29) is 12.5 Å². The number of hydrogen-bond donors (Lipinski definition) is 0. The third kappa shape index (κ3) is 8.37. The summed E-state index contributed by atoms with van der Waals surface area (Å²) in [5.74, 6) is 2.61. The van der Waals surface area contributed by atoms with Crippen molar-refractivity contribution < 1.29 is 37.8 Å². The molecule has 252 valence electrons. The van der Waals surface area contributed by atoms with Crippen LogP contribution in [0.4, 0.5) is 0 Å². The van der Waals surface area contributed by atoms with E-state index in [1.54, 1.807) is 50.7 Å². The van der Waals surface area contributed by atoms with Gasteiger partial charge in [0.15, 0.2) is 11.5 Å². The topological polar surface area (TPSA) is 135 Å².